The third kappa shape index (κ3) is 3.57. The molecule has 0 fully saturated rings. The topological polar surface area (TPSA) is 58.2 Å². The lowest BCUT2D eigenvalue weighted by molar-refractivity contribution is 0.600. The highest BCUT2D eigenvalue weighted by Crippen LogP contribution is 2.10. The molecule has 0 unspecified atom stereocenters. The Morgan fingerprint density at radius 2 is 1.79 bits per heavy atom. The minimum Gasteiger partial charge on any atom is -0.270 e. The maximum atomic E-state index is 11.2. The van der Waals surface area contributed by atoms with Crippen LogP contribution in [0.15, 0.2) is 24.3 Å². The SMILES string of the molecule is CSNS(=O)(=O)Nc1ccc(C)cc1. The molecule has 0 bridgehead atoms. The van der Waals surface area contributed by atoms with Crippen LogP contribution < -0.4 is 8.85 Å². The van der Waals surface area contributed by atoms with Crippen molar-refractivity contribution in [2.75, 3.05) is 11.0 Å². The molecule has 0 amide bonds. The molecular formula is C8H12N2O2S2. The van der Waals surface area contributed by atoms with Crippen molar-refractivity contribution in [2.45, 2.75) is 6.92 Å². The van der Waals surface area contributed by atoms with Crippen LogP contribution in [0.5, 0.6) is 0 Å². The lowest BCUT2D eigenvalue weighted by atomic mass is 10.2. The fourth-order valence-corrected chi connectivity index (χ4v) is 2.40. The number of hydrogen-bond donors (Lipinski definition) is 2. The van der Waals surface area contributed by atoms with Crippen molar-refractivity contribution in [1.82, 2.24) is 4.13 Å². The van der Waals surface area contributed by atoms with Crippen molar-refractivity contribution in [3.8, 4) is 0 Å². The van der Waals surface area contributed by atoms with Gasteiger partial charge in [0.25, 0.3) is 0 Å². The molecule has 0 atom stereocenters. The molecule has 2 N–H and O–H groups in total. The van der Waals surface area contributed by atoms with Crippen LogP contribution in [-0.4, -0.2) is 14.7 Å². The summed E-state index contributed by atoms with van der Waals surface area (Å²) in [6, 6.07) is 7.12. The highest BCUT2D eigenvalue weighted by molar-refractivity contribution is 8.09. The maximum Gasteiger partial charge on any atom is 0.308 e. The van der Waals surface area contributed by atoms with Crippen LogP contribution in [0.2, 0.25) is 0 Å². The van der Waals surface area contributed by atoms with E-state index < -0.39 is 10.2 Å². The molecule has 0 aliphatic heterocycles. The van der Waals surface area contributed by atoms with Crippen LogP contribution in [0.3, 0.4) is 0 Å². The molecule has 4 nitrogen and oxygen atoms in total. The Balaban J connectivity index is 2.74. The average molecular weight is 232 g/mol. The standard InChI is InChI=1S/C8H12N2O2S2/c1-7-3-5-8(6-4-7)9-14(11,12)10-13-2/h3-6,9-10H,1-2H3. The fraction of sp³-hybridized carbons (Fsp3) is 0.250. The molecule has 0 aliphatic carbocycles. The van der Waals surface area contributed by atoms with Crippen LogP contribution in [-0.2, 0) is 10.2 Å². The highest BCUT2D eigenvalue weighted by Gasteiger charge is 2.07. The molecule has 78 valence electrons. The predicted octanol–water partition coefficient (Wildman–Crippen LogP) is 1.52. The van der Waals surface area contributed by atoms with Crippen molar-refractivity contribution >= 4 is 27.8 Å². The Morgan fingerprint density at radius 1 is 1.21 bits per heavy atom. The van der Waals surface area contributed by atoms with Crippen LogP contribution in [0.25, 0.3) is 0 Å². The van der Waals surface area contributed by atoms with Crippen LogP contribution >= 0.6 is 11.9 Å². The van der Waals surface area contributed by atoms with Gasteiger partial charge in [-0.2, -0.15) is 8.42 Å². The van der Waals surface area contributed by atoms with Gasteiger partial charge in [-0.1, -0.05) is 29.6 Å². The summed E-state index contributed by atoms with van der Waals surface area (Å²) in [6.45, 7) is 1.94. The average Bonchev–Trinajstić information content (AvgIpc) is 2.08. The van der Waals surface area contributed by atoms with Crippen LogP contribution in [0.1, 0.15) is 5.56 Å². The van der Waals surface area contributed by atoms with E-state index in [4.69, 9.17) is 0 Å². The third-order valence-corrected chi connectivity index (χ3v) is 3.55. The van der Waals surface area contributed by atoms with E-state index in [1.807, 2.05) is 19.1 Å². The van der Waals surface area contributed by atoms with Gasteiger partial charge in [-0.3, -0.25) is 4.72 Å². The van der Waals surface area contributed by atoms with Crippen molar-refractivity contribution in [1.29, 1.82) is 0 Å². The van der Waals surface area contributed by atoms with Gasteiger partial charge in [0.2, 0.25) is 0 Å². The Hall–Kier alpha value is -0.720. The largest absolute Gasteiger partial charge is 0.308 e. The van der Waals surface area contributed by atoms with Gasteiger partial charge in [-0.15, -0.1) is 4.13 Å². The van der Waals surface area contributed by atoms with Gasteiger partial charge >= 0.3 is 10.2 Å². The zero-order valence-electron chi connectivity index (χ0n) is 7.94. The molecule has 1 aromatic carbocycles. The van der Waals surface area contributed by atoms with Gasteiger partial charge in [-0.25, -0.2) is 0 Å². The highest BCUT2D eigenvalue weighted by atomic mass is 32.3. The summed E-state index contributed by atoms with van der Waals surface area (Å²) in [5.74, 6) is 0. The lowest BCUT2D eigenvalue weighted by Gasteiger charge is -2.06. The lowest BCUT2D eigenvalue weighted by Crippen LogP contribution is -2.24. The second-order valence-corrected chi connectivity index (χ2v) is 5.04. The molecular weight excluding hydrogens is 220 g/mol. The smallest absolute Gasteiger partial charge is 0.270 e. The Kier molecular flexibility index (Phi) is 3.79. The third-order valence-electron chi connectivity index (χ3n) is 1.50. The summed E-state index contributed by atoms with van der Waals surface area (Å²) >= 11 is 1.03. The van der Waals surface area contributed by atoms with Crippen molar-refractivity contribution in [2.24, 2.45) is 0 Å². The second kappa shape index (κ2) is 4.68. The van der Waals surface area contributed by atoms with Gasteiger partial charge in [0.05, 0.1) is 0 Å². The zero-order valence-corrected chi connectivity index (χ0v) is 9.58. The molecule has 0 saturated carbocycles. The van der Waals surface area contributed by atoms with E-state index in [0.29, 0.717) is 5.69 Å². The first kappa shape index (κ1) is 11.4. The number of anilines is 1. The van der Waals surface area contributed by atoms with E-state index >= 15 is 0 Å². The number of nitrogens with one attached hydrogen (secondary N) is 2. The van der Waals surface area contributed by atoms with Crippen molar-refractivity contribution < 1.29 is 8.42 Å². The first-order chi connectivity index (χ1) is 6.53. The van der Waals surface area contributed by atoms with Crippen LogP contribution in [0, 0.1) is 6.92 Å². The maximum absolute atomic E-state index is 11.2. The second-order valence-electron chi connectivity index (χ2n) is 2.76. The molecule has 0 saturated heterocycles. The first-order valence-corrected chi connectivity index (χ1v) is 6.63. The molecule has 0 aliphatic rings. The molecule has 14 heavy (non-hydrogen) atoms. The van der Waals surface area contributed by atoms with Gasteiger partial charge in [-0.05, 0) is 25.3 Å². The van der Waals surface area contributed by atoms with Crippen molar-refractivity contribution in [3.05, 3.63) is 29.8 Å². The summed E-state index contributed by atoms with van der Waals surface area (Å²) in [7, 11) is -3.43. The Morgan fingerprint density at radius 3 is 2.29 bits per heavy atom. The summed E-state index contributed by atoms with van der Waals surface area (Å²) in [6.07, 6.45) is 1.65. The number of hydrogen-bond acceptors (Lipinski definition) is 3. The molecule has 1 aromatic rings. The zero-order chi connectivity index (χ0) is 10.6. The minimum atomic E-state index is -3.43. The van der Waals surface area contributed by atoms with Crippen LogP contribution in [0.4, 0.5) is 5.69 Å². The quantitative estimate of drug-likeness (QED) is 0.774. The molecule has 0 heterocycles. The summed E-state index contributed by atoms with van der Waals surface area (Å²) in [4.78, 5) is 0. The molecule has 0 radical (unpaired) electrons. The van der Waals surface area contributed by atoms with E-state index in [9.17, 15) is 8.42 Å². The fourth-order valence-electron chi connectivity index (χ4n) is 0.907. The van der Waals surface area contributed by atoms with Crippen molar-refractivity contribution in [3.63, 3.8) is 0 Å². The molecule has 6 heteroatoms. The van der Waals surface area contributed by atoms with E-state index in [2.05, 4.69) is 8.85 Å². The Bertz CT molecular complexity index is 386. The number of benzene rings is 1. The molecule has 1 rings (SSSR count). The first-order valence-electron chi connectivity index (χ1n) is 3.93. The normalized spacial score (nSPS) is 11.3. The Labute approximate surface area is 88.4 Å². The van der Waals surface area contributed by atoms with Gasteiger partial charge < -0.3 is 0 Å². The van der Waals surface area contributed by atoms with Gasteiger partial charge in [0.1, 0.15) is 0 Å². The molecule has 0 spiro atoms. The summed E-state index contributed by atoms with van der Waals surface area (Å²) in [5.41, 5.74) is 1.64. The van der Waals surface area contributed by atoms with E-state index in [-0.39, 0.29) is 0 Å². The summed E-state index contributed by atoms with van der Waals surface area (Å²) in [5, 5.41) is 0. The summed E-state index contributed by atoms with van der Waals surface area (Å²) < 4.78 is 27.1. The van der Waals surface area contributed by atoms with Gasteiger partial charge in [0.15, 0.2) is 0 Å². The van der Waals surface area contributed by atoms with E-state index in [1.165, 1.54) is 0 Å². The monoisotopic (exact) mass is 232 g/mol. The van der Waals surface area contributed by atoms with E-state index in [1.54, 1.807) is 18.4 Å². The number of rotatable bonds is 4. The van der Waals surface area contributed by atoms with E-state index in [0.717, 1.165) is 17.5 Å². The predicted molar refractivity (Wildman–Crippen MR) is 60.4 cm³/mol. The molecule has 0 aromatic heterocycles. The number of aryl methyl sites for hydroxylation is 1. The van der Waals surface area contributed by atoms with Gasteiger partial charge in [0, 0.05) is 5.69 Å². The minimum absolute atomic E-state index is 0.553.